The highest BCUT2D eigenvalue weighted by atomic mass is 35.5. The van der Waals surface area contributed by atoms with E-state index in [9.17, 15) is 9.59 Å². The first-order valence-corrected chi connectivity index (χ1v) is 11.1. The molecular weight excluding hydrogens is 432 g/mol. The third kappa shape index (κ3) is 5.76. The van der Waals surface area contributed by atoms with Gasteiger partial charge >= 0.3 is 5.69 Å². The number of amides is 1. The molecule has 9 nitrogen and oxygen atoms in total. The number of para-hydroxylation sites is 1. The standard InChI is InChI=1S/C22H34N6O3.ClH/c1-4-20(29)28(19-10-7-6-8-11-19)22(18-31-3)12-16-25(17-13-22)14-9-15-27-21(30)26(5-2)23-24-27;/h6-8,10-11H,4-5,9,12-18H2,1-3H3;1H. The molecule has 1 saturated heterocycles. The number of carbonyl (C=O) groups is 1. The fraction of sp³-hybridized carbons (Fsp3) is 0.636. The van der Waals surface area contributed by atoms with E-state index in [4.69, 9.17) is 4.74 Å². The number of benzene rings is 1. The van der Waals surface area contributed by atoms with Crippen LogP contribution < -0.4 is 10.6 Å². The van der Waals surface area contributed by atoms with E-state index in [1.165, 1.54) is 9.36 Å². The number of halogens is 1. The van der Waals surface area contributed by atoms with Gasteiger partial charge in [0.1, 0.15) is 0 Å². The van der Waals surface area contributed by atoms with Crippen LogP contribution in [0.1, 0.15) is 39.5 Å². The van der Waals surface area contributed by atoms with Crippen LogP contribution in [0.4, 0.5) is 5.69 Å². The zero-order valence-electron chi connectivity index (χ0n) is 19.3. The van der Waals surface area contributed by atoms with Crippen LogP contribution in [0, 0.1) is 0 Å². The number of ether oxygens (including phenoxy) is 1. The zero-order chi connectivity index (χ0) is 22.3. The Morgan fingerprint density at radius 1 is 1.09 bits per heavy atom. The van der Waals surface area contributed by atoms with Crippen molar-refractivity contribution in [3.05, 3.63) is 40.8 Å². The van der Waals surface area contributed by atoms with E-state index >= 15 is 0 Å². The van der Waals surface area contributed by atoms with E-state index in [0.717, 1.165) is 44.6 Å². The second kappa shape index (κ2) is 12.1. The lowest BCUT2D eigenvalue weighted by molar-refractivity contribution is -0.120. The Labute approximate surface area is 195 Å². The maximum Gasteiger partial charge on any atom is 0.363 e. The van der Waals surface area contributed by atoms with Crippen molar-refractivity contribution < 1.29 is 9.53 Å². The van der Waals surface area contributed by atoms with Crippen molar-refractivity contribution in [2.24, 2.45) is 0 Å². The highest BCUT2D eigenvalue weighted by Gasteiger charge is 2.42. The van der Waals surface area contributed by atoms with Crippen molar-refractivity contribution in [2.45, 2.75) is 58.2 Å². The highest BCUT2D eigenvalue weighted by molar-refractivity contribution is 5.94. The van der Waals surface area contributed by atoms with Gasteiger partial charge in [0.15, 0.2) is 0 Å². The minimum atomic E-state index is -0.347. The summed E-state index contributed by atoms with van der Waals surface area (Å²) in [6.45, 7) is 8.01. The Balaban J connectivity index is 0.00000363. The number of aryl methyl sites for hydroxylation is 2. The fourth-order valence-corrected chi connectivity index (χ4v) is 4.40. The molecule has 0 N–H and O–H groups in total. The van der Waals surface area contributed by atoms with Crippen LogP contribution in [0.3, 0.4) is 0 Å². The highest BCUT2D eigenvalue weighted by Crippen LogP contribution is 2.34. The van der Waals surface area contributed by atoms with Gasteiger partial charge in [0.05, 0.1) is 12.1 Å². The number of piperidine rings is 1. The van der Waals surface area contributed by atoms with Gasteiger partial charge in [-0.2, -0.15) is 9.36 Å². The predicted octanol–water partition coefficient (Wildman–Crippen LogP) is 2.20. The second-order valence-corrected chi connectivity index (χ2v) is 8.07. The van der Waals surface area contributed by atoms with Crippen LogP contribution in [0.25, 0.3) is 0 Å². The number of methoxy groups -OCH3 is 1. The number of nitrogens with zero attached hydrogens (tertiary/aromatic N) is 6. The number of aromatic nitrogens is 4. The fourth-order valence-electron chi connectivity index (χ4n) is 4.40. The number of anilines is 1. The van der Waals surface area contributed by atoms with Crippen LogP contribution in [0.2, 0.25) is 0 Å². The lowest BCUT2D eigenvalue weighted by atomic mass is 9.85. The number of likely N-dealkylation sites (tertiary alicyclic amines) is 1. The lowest BCUT2D eigenvalue weighted by Gasteiger charge is -2.48. The lowest BCUT2D eigenvalue weighted by Crippen LogP contribution is -2.60. The summed E-state index contributed by atoms with van der Waals surface area (Å²) >= 11 is 0. The van der Waals surface area contributed by atoms with E-state index in [2.05, 4.69) is 15.3 Å². The molecule has 2 heterocycles. The predicted molar refractivity (Wildman–Crippen MR) is 126 cm³/mol. The quantitative estimate of drug-likeness (QED) is 0.533. The van der Waals surface area contributed by atoms with E-state index in [1.54, 1.807) is 7.11 Å². The molecule has 0 radical (unpaired) electrons. The molecule has 1 aromatic heterocycles. The zero-order valence-corrected chi connectivity index (χ0v) is 20.1. The molecule has 0 atom stereocenters. The van der Waals surface area contributed by atoms with Crippen molar-refractivity contribution in [3.8, 4) is 0 Å². The van der Waals surface area contributed by atoms with Crippen molar-refractivity contribution in [2.75, 3.05) is 38.3 Å². The average Bonchev–Trinajstić information content (AvgIpc) is 3.15. The molecule has 0 bridgehead atoms. The smallest absolute Gasteiger partial charge is 0.363 e. The Bertz CT molecular complexity index is 893. The van der Waals surface area contributed by atoms with Crippen LogP contribution in [-0.2, 0) is 22.6 Å². The molecule has 0 spiro atoms. The number of carbonyl (C=O) groups excluding carboxylic acids is 1. The van der Waals surface area contributed by atoms with Crippen molar-refractivity contribution in [1.82, 2.24) is 24.7 Å². The summed E-state index contributed by atoms with van der Waals surface area (Å²) < 4.78 is 8.41. The molecule has 1 aliphatic rings. The third-order valence-corrected chi connectivity index (χ3v) is 6.08. The molecule has 0 aliphatic carbocycles. The SMILES string of the molecule is CCC(=O)N(c1ccccc1)C1(COC)CCN(CCCn2nnn(CC)c2=O)CC1.Cl. The third-order valence-electron chi connectivity index (χ3n) is 6.08. The van der Waals surface area contributed by atoms with Gasteiger partial charge < -0.3 is 14.5 Å². The van der Waals surface area contributed by atoms with Gasteiger partial charge in [-0.05, 0) is 55.3 Å². The summed E-state index contributed by atoms with van der Waals surface area (Å²) in [5, 5.41) is 7.80. The van der Waals surface area contributed by atoms with Gasteiger partial charge in [-0.1, -0.05) is 25.1 Å². The largest absolute Gasteiger partial charge is 0.382 e. The molecule has 1 aromatic carbocycles. The Kier molecular flexibility index (Phi) is 9.86. The first-order valence-electron chi connectivity index (χ1n) is 11.1. The Morgan fingerprint density at radius 3 is 2.31 bits per heavy atom. The maximum absolute atomic E-state index is 13.0. The number of tetrazole rings is 1. The summed E-state index contributed by atoms with van der Waals surface area (Å²) in [6.07, 6.45) is 2.97. The first kappa shape index (κ1) is 26.0. The van der Waals surface area contributed by atoms with Crippen LogP contribution in [0.15, 0.2) is 35.1 Å². The Morgan fingerprint density at radius 2 is 1.75 bits per heavy atom. The van der Waals surface area contributed by atoms with Gasteiger partial charge in [-0.3, -0.25) is 4.79 Å². The topological polar surface area (TPSA) is 85.5 Å². The van der Waals surface area contributed by atoms with Gasteiger partial charge in [-0.25, -0.2) is 4.79 Å². The van der Waals surface area contributed by atoms with E-state index in [-0.39, 0.29) is 29.5 Å². The van der Waals surface area contributed by atoms with E-state index < -0.39 is 0 Å². The van der Waals surface area contributed by atoms with Gasteiger partial charge in [0.25, 0.3) is 0 Å². The van der Waals surface area contributed by atoms with E-state index in [1.807, 2.05) is 49.1 Å². The minimum Gasteiger partial charge on any atom is -0.382 e. The molecule has 1 amide bonds. The molecule has 178 valence electrons. The molecule has 32 heavy (non-hydrogen) atoms. The summed E-state index contributed by atoms with van der Waals surface area (Å²) in [5.74, 6) is 0.120. The molecule has 1 aliphatic heterocycles. The van der Waals surface area contributed by atoms with Gasteiger partial charge in [0, 0.05) is 45.4 Å². The van der Waals surface area contributed by atoms with Crippen LogP contribution in [0.5, 0.6) is 0 Å². The van der Waals surface area contributed by atoms with Crippen molar-refractivity contribution >= 4 is 24.0 Å². The van der Waals surface area contributed by atoms with E-state index in [0.29, 0.717) is 26.1 Å². The maximum atomic E-state index is 13.0. The summed E-state index contributed by atoms with van der Waals surface area (Å²) in [4.78, 5) is 29.4. The van der Waals surface area contributed by atoms with Gasteiger partial charge in [0.2, 0.25) is 5.91 Å². The average molecular weight is 467 g/mol. The Hall–Kier alpha value is -2.23. The second-order valence-electron chi connectivity index (χ2n) is 8.07. The normalized spacial score (nSPS) is 15.8. The number of hydrogen-bond donors (Lipinski definition) is 0. The number of hydrogen-bond acceptors (Lipinski definition) is 6. The molecule has 10 heteroatoms. The van der Waals surface area contributed by atoms with Crippen molar-refractivity contribution in [3.63, 3.8) is 0 Å². The molecule has 0 unspecified atom stereocenters. The molecule has 3 rings (SSSR count). The molecule has 1 fully saturated rings. The van der Waals surface area contributed by atoms with Crippen molar-refractivity contribution in [1.29, 1.82) is 0 Å². The van der Waals surface area contributed by atoms with Crippen LogP contribution in [-0.4, -0.2) is 69.5 Å². The van der Waals surface area contributed by atoms with Crippen LogP contribution >= 0.6 is 12.4 Å². The monoisotopic (exact) mass is 466 g/mol. The summed E-state index contributed by atoms with van der Waals surface area (Å²) in [5.41, 5.74) is 0.426. The minimum absolute atomic E-state index is 0. The number of rotatable bonds is 10. The molecule has 2 aromatic rings. The molecule has 0 saturated carbocycles. The first-order chi connectivity index (χ1) is 15.0. The van der Waals surface area contributed by atoms with Gasteiger partial charge in [-0.15, -0.1) is 12.4 Å². The summed E-state index contributed by atoms with van der Waals surface area (Å²) in [6, 6.07) is 9.90. The molecular formula is C22H35ClN6O3. The summed E-state index contributed by atoms with van der Waals surface area (Å²) in [7, 11) is 1.70.